The largest absolute Gasteiger partial charge is 0.383 e. The highest BCUT2D eigenvalue weighted by atomic mass is 32.1. The van der Waals surface area contributed by atoms with Gasteiger partial charge in [-0.05, 0) is 37.4 Å². The first-order valence-electron chi connectivity index (χ1n) is 5.75. The van der Waals surface area contributed by atoms with Crippen molar-refractivity contribution in [2.24, 2.45) is 5.92 Å². The topological polar surface area (TPSA) is 24.5 Å². The second-order valence-corrected chi connectivity index (χ2v) is 4.63. The SMILES string of the molecule is COCCNC(=S)N1CCCC(C)CC1. The van der Waals surface area contributed by atoms with Crippen LogP contribution in [0, 0.1) is 5.92 Å². The van der Waals surface area contributed by atoms with Gasteiger partial charge in [-0.2, -0.15) is 0 Å². The molecule has 1 atom stereocenters. The minimum absolute atomic E-state index is 0.713. The van der Waals surface area contributed by atoms with E-state index in [9.17, 15) is 0 Å². The summed E-state index contributed by atoms with van der Waals surface area (Å²) in [7, 11) is 1.71. The minimum atomic E-state index is 0.713. The first kappa shape index (κ1) is 12.7. The molecule has 88 valence electrons. The smallest absolute Gasteiger partial charge is 0.169 e. The Morgan fingerprint density at radius 1 is 1.47 bits per heavy atom. The molecule has 0 aromatic carbocycles. The fourth-order valence-corrected chi connectivity index (χ4v) is 2.12. The van der Waals surface area contributed by atoms with Crippen LogP contribution in [0.1, 0.15) is 26.2 Å². The normalized spacial score (nSPS) is 22.3. The third-order valence-corrected chi connectivity index (χ3v) is 3.29. The Labute approximate surface area is 98.2 Å². The van der Waals surface area contributed by atoms with Crippen molar-refractivity contribution in [3.8, 4) is 0 Å². The lowest BCUT2D eigenvalue weighted by molar-refractivity contribution is 0.203. The van der Waals surface area contributed by atoms with Crippen molar-refractivity contribution in [3.63, 3.8) is 0 Å². The van der Waals surface area contributed by atoms with Crippen LogP contribution in [0.4, 0.5) is 0 Å². The van der Waals surface area contributed by atoms with Crippen LogP contribution in [0.15, 0.2) is 0 Å². The molecule has 0 spiro atoms. The van der Waals surface area contributed by atoms with Crippen LogP contribution in [-0.2, 0) is 4.74 Å². The van der Waals surface area contributed by atoms with Crippen molar-refractivity contribution in [2.75, 3.05) is 33.4 Å². The van der Waals surface area contributed by atoms with Crippen molar-refractivity contribution in [2.45, 2.75) is 26.2 Å². The fraction of sp³-hybridized carbons (Fsp3) is 0.909. The number of ether oxygens (including phenoxy) is 1. The summed E-state index contributed by atoms with van der Waals surface area (Å²) in [6.45, 7) is 6.04. The van der Waals surface area contributed by atoms with Gasteiger partial charge in [-0.3, -0.25) is 0 Å². The summed E-state index contributed by atoms with van der Waals surface area (Å²) in [5, 5.41) is 4.12. The molecule has 0 aromatic heterocycles. The molecule has 0 aliphatic carbocycles. The molecule has 3 nitrogen and oxygen atoms in total. The summed E-state index contributed by atoms with van der Waals surface area (Å²) in [5.41, 5.74) is 0. The molecule has 1 saturated heterocycles. The summed E-state index contributed by atoms with van der Waals surface area (Å²) < 4.78 is 4.98. The van der Waals surface area contributed by atoms with Gasteiger partial charge in [-0.1, -0.05) is 6.92 Å². The summed E-state index contributed by atoms with van der Waals surface area (Å²) in [4.78, 5) is 2.29. The molecular formula is C11H22N2OS. The molecule has 0 radical (unpaired) electrons. The number of hydrogen-bond acceptors (Lipinski definition) is 2. The predicted octanol–water partition coefficient (Wildman–Crippen LogP) is 1.63. The zero-order chi connectivity index (χ0) is 11.1. The molecule has 0 bridgehead atoms. The van der Waals surface area contributed by atoms with Crippen LogP contribution in [-0.4, -0.2) is 43.4 Å². The Morgan fingerprint density at radius 2 is 2.27 bits per heavy atom. The Balaban J connectivity index is 2.25. The predicted molar refractivity (Wildman–Crippen MR) is 67.1 cm³/mol. The molecule has 0 aromatic rings. The maximum atomic E-state index is 5.35. The highest BCUT2D eigenvalue weighted by Gasteiger charge is 2.15. The number of rotatable bonds is 3. The fourth-order valence-electron chi connectivity index (χ4n) is 1.84. The number of hydrogen-bond donors (Lipinski definition) is 1. The van der Waals surface area contributed by atoms with Crippen molar-refractivity contribution in [1.29, 1.82) is 0 Å². The van der Waals surface area contributed by atoms with E-state index in [1.165, 1.54) is 19.3 Å². The molecule has 1 N–H and O–H groups in total. The van der Waals surface area contributed by atoms with Gasteiger partial charge in [0.2, 0.25) is 0 Å². The average molecular weight is 230 g/mol. The highest BCUT2D eigenvalue weighted by Crippen LogP contribution is 2.16. The van der Waals surface area contributed by atoms with Crippen LogP contribution in [0.5, 0.6) is 0 Å². The van der Waals surface area contributed by atoms with Gasteiger partial charge in [-0.25, -0.2) is 0 Å². The second kappa shape index (κ2) is 7.01. The van der Waals surface area contributed by atoms with Crippen LogP contribution in [0.3, 0.4) is 0 Å². The van der Waals surface area contributed by atoms with Gasteiger partial charge in [0.1, 0.15) is 0 Å². The Hall–Kier alpha value is -0.350. The molecule has 1 heterocycles. The van der Waals surface area contributed by atoms with E-state index < -0.39 is 0 Å². The second-order valence-electron chi connectivity index (χ2n) is 4.25. The summed E-state index contributed by atoms with van der Waals surface area (Å²) in [6, 6.07) is 0. The number of nitrogens with one attached hydrogen (secondary N) is 1. The van der Waals surface area contributed by atoms with E-state index >= 15 is 0 Å². The third-order valence-electron chi connectivity index (χ3n) is 2.89. The van der Waals surface area contributed by atoms with Gasteiger partial charge in [0.15, 0.2) is 5.11 Å². The summed E-state index contributed by atoms with van der Waals surface area (Å²) in [5.74, 6) is 0.844. The van der Waals surface area contributed by atoms with Crippen LogP contribution in [0.2, 0.25) is 0 Å². The first-order chi connectivity index (χ1) is 7.24. The number of thiocarbonyl (C=S) groups is 1. The first-order valence-corrected chi connectivity index (χ1v) is 6.16. The lowest BCUT2D eigenvalue weighted by Gasteiger charge is -2.23. The van der Waals surface area contributed by atoms with Gasteiger partial charge in [0.05, 0.1) is 6.61 Å². The maximum absolute atomic E-state index is 5.35. The van der Waals surface area contributed by atoms with E-state index in [1.807, 2.05) is 0 Å². The van der Waals surface area contributed by atoms with E-state index in [1.54, 1.807) is 7.11 Å². The van der Waals surface area contributed by atoms with E-state index in [0.29, 0.717) is 6.61 Å². The van der Waals surface area contributed by atoms with Gasteiger partial charge in [0.25, 0.3) is 0 Å². The van der Waals surface area contributed by atoms with E-state index in [4.69, 9.17) is 17.0 Å². The van der Waals surface area contributed by atoms with Crippen molar-refractivity contribution in [3.05, 3.63) is 0 Å². The molecule has 15 heavy (non-hydrogen) atoms. The van der Waals surface area contributed by atoms with Crippen LogP contribution >= 0.6 is 12.2 Å². The number of nitrogens with zero attached hydrogens (tertiary/aromatic N) is 1. The lowest BCUT2D eigenvalue weighted by atomic mass is 10.0. The Kier molecular flexibility index (Phi) is 5.95. The number of methoxy groups -OCH3 is 1. The van der Waals surface area contributed by atoms with Crippen molar-refractivity contribution in [1.82, 2.24) is 10.2 Å². The zero-order valence-electron chi connectivity index (χ0n) is 9.79. The van der Waals surface area contributed by atoms with Gasteiger partial charge in [-0.15, -0.1) is 0 Å². The monoisotopic (exact) mass is 230 g/mol. The van der Waals surface area contributed by atoms with Gasteiger partial charge < -0.3 is 15.0 Å². The number of likely N-dealkylation sites (tertiary alicyclic amines) is 1. The molecule has 1 rings (SSSR count). The lowest BCUT2D eigenvalue weighted by Crippen LogP contribution is -2.41. The van der Waals surface area contributed by atoms with Gasteiger partial charge >= 0.3 is 0 Å². The quantitative estimate of drug-likeness (QED) is 0.588. The minimum Gasteiger partial charge on any atom is -0.383 e. The van der Waals surface area contributed by atoms with E-state index in [-0.39, 0.29) is 0 Å². The molecule has 1 aliphatic heterocycles. The summed E-state index contributed by atoms with van der Waals surface area (Å²) >= 11 is 5.35. The van der Waals surface area contributed by atoms with Gasteiger partial charge in [0, 0.05) is 26.7 Å². The average Bonchev–Trinajstić information content (AvgIpc) is 2.43. The molecule has 4 heteroatoms. The van der Waals surface area contributed by atoms with Crippen molar-refractivity contribution < 1.29 is 4.74 Å². The Morgan fingerprint density at radius 3 is 3.00 bits per heavy atom. The molecule has 0 saturated carbocycles. The Bertz CT molecular complexity index is 199. The van der Waals surface area contributed by atoms with Crippen LogP contribution < -0.4 is 5.32 Å². The molecular weight excluding hydrogens is 208 g/mol. The molecule has 1 aliphatic rings. The molecule has 0 amide bonds. The van der Waals surface area contributed by atoms with Crippen LogP contribution in [0.25, 0.3) is 0 Å². The van der Waals surface area contributed by atoms with E-state index in [0.717, 1.165) is 30.7 Å². The maximum Gasteiger partial charge on any atom is 0.169 e. The zero-order valence-corrected chi connectivity index (χ0v) is 10.6. The standard InChI is InChI=1S/C11H22N2OS/c1-10-4-3-7-13(8-5-10)11(15)12-6-9-14-2/h10H,3-9H2,1-2H3,(H,12,15). The molecule has 1 fully saturated rings. The van der Waals surface area contributed by atoms with E-state index in [2.05, 4.69) is 17.1 Å². The summed E-state index contributed by atoms with van der Waals surface area (Å²) in [6.07, 6.45) is 3.84. The third kappa shape index (κ3) is 4.80. The highest BCUT2D eigenvalue weighted by molar-refractivity contribution is 7.80. The van der Waals surface area contributed by atoms with Crippen molar-refractivity contribution >= 4 is 17.3 Å². The molecule has 1 unspecified atom stereocenters.